The molecule has 29 heavy (non-hydrogen) atoms. The van der Waals surface area contributed by atoms with Crippen LogP contribution < -0.4 is 9.47 Å². The van der Waals surface area contributed by atoms with Crippen LogP contribution in [0, 0.1) is 10.1 Å². The van der Waals surface area contributed by atoms with Crippen molar-refractivity contribution in [1.29, 1.82) is 0 Å². The molecule has 0 aliphatic heterocycles. The molecular weight excluding hydrogens is 417 g/mol. The first-order valence-electron chi connectivity index (χ1n) is 8.07. The van der Waals surface area contributed by atoms with Crippen LogP contribution in [-0.2, 0) is 6.54 Å². The molecule has 2 aromatic carbocycles. The van der Waals surface area contributed by atoms with E-state index in [9.17, 15) is 28.1 Å². The summed E-state index contributed by atoms with van der Waals surface area (Å²) in [6, 6.07) is 7.61. The zero-order chi connectivity index (χ0) is 21.8. The van der Waals surface area contributed by atoms with E-state index in [1.54, 1.807) is 18.2 Å². The van der Waals surface area contributed by atoms with Crippen LogP contribution in [0.2, 0.25) is 5.02 Å². The Hall–Kier alpha value is -3.01. The standard InChI is InChI=1S/C18H16ClF3N2O5/c1-23(9-11-7-12(19)3-6-16(11)28-2)17(25)14-8-13(29-10-18(20,21)22)4-5-15(14)24(26)27/h3-8H,9-10H2,1-2H3. The Labute approximate surface area is 168 Å². The van der Waals surface area contributed by atoms with Crippen LogP contribution in [0.25, 0.3) is 0 Å². The molecule has 0 aliphatic rings. The molecule has 0 aliphatic carbocycles. The predicted molar refractivity (Wildman–Crippen MR) is 98.4 cm³/mol. The van der Waals surface area contributed by atoms with Crippen LogP contribution in [0.15, 0.2) is 36.4 Å². The van der Waals surface area contributed by atoms with Crippen molar-refractivity contribution in [3.05, 3.63) is 62.7 Å². The highest BCUT2D eigenvalue weighted by Gasteiger charge is 2.29. The van der Waals surface area contributed by atoms with Crippen LogP contribution in [0.5, 0.6) is 11.5 Å². The van der Waals surface area contributed by atoms with E-state index in [0.717, 1.165) is 23.1 Å². The van der Waals surface area contributed by atoms with Gasteiger partial charge >= 0.3 is 6.18 Å². The maximum atomic E-state index is 12.8. The molecule has 11 heteroatoms. The van der Waals surface area contributed by atoms with Gasteiger partial charge in [0.1, 0.15) is 17.1 Å². The summed E-state index contributed by atoms with van der Waals surface area (Å²) in [5, 5.41) is 11.7. The molecule has 0 N–H and O–H groups in total. The summed E-state index contributed by atoms with van der Waals surface area (Å²) in [6.07, 6.45) is -4.59. The number of benzene rings is 2. The van der Waals surface area contributed by atoms with Gasteiger partial charge in [-0.05, 0) is 30.3 Å². The number of carbonyl (C=O) groups excluding carboxylic acids is 1. The van der Waals surface area contributed by atoms with Gasteiger partial charge in [-0.15, -0.1) is 0 Å². The molecule has 0 saturated heterocycles. The van der Waals surface area contributed by atoms with Gasteiger partial charge in [-0.25, -0.2) is 0 Å². The molecule has 7 nitrogen and oxygen atoms in total. The second-order valence-corrected chi connectivity index (χ2v) is 6.39. The lowest BCUT2D eigenvalue weighted by atomic mass is 10.1. The molecule has 0 saturated carbocycles. The lowest BCUT2D eigenvalue weighted by Gasteiger charge is -2.19. The second-order valence-electron chi connectivity index (χ2n) is 5.96. The van der Waals surface area contributed by atoms with E-state index >= 15 is 0 Å². The number of nitrogens with zero attached hydrogens (tertiary/aromatic N) is 2. The van der Waals surface area contributed by atoms with Gasteiger partial charge in [-0.3, -0.25) is 14.9 Å². The van der Waals surface area contributed by atoms with Crippen molar-refractivity contribution >= 4 is 23.2 Å². The van der Waals surface area contributed by atoms with Crippen molar-refractivity contribution in [2.45, 2.75) is 12.7 Å². The second kappa shape index (κ2) is 8.99. The van der Waals surface area contributed by atoms with Crippen LogP contribution in [0.1, 0.15) is 15.9 Å². The number of nitro groups is 1. The van der Waals surface area contributed by atoms with E-state index in [4.69, 9.17) is 16.3 Å². The molecule has 0 spiro atoms. The molecule has 0 bridgehead atoms. The van der Waals surface area contributed by atoms with E-state index < -0.39 is 34.9 Å². The number of ether oxygens (including phenoxy) is 2. The predicted octanol–water partition coefficient (Wildman–Crippen LogP) is 4.47. The van der Waals surface area contributed by atoms with Crippen molar-refractivity contribution in [1.82, 2.24) is 4.90 Å². The molecule has 0 atom stereocenters. The molecule has 2 rings (SSSR count). The molecule has 2 aromatic rings. The van der Waals surface area contributed by atoms with Gasteiger partial charge in [-0.2, -0.15) is 13.2 Å². The van der Waals surface area contributed by atoms with Crippen molar-refractivity contribution in [2.75, 3.05) is 20.8 Å². The summed E-state index contributed by atoms with van der Waals surface area (Å²) in [5.74, 6) is -0.646. The van der Waals surface area contributed by atoms with E-state index in [1.165, 1.54) is 14.2 Å². The monoisotopic (exact) mass is 432 g/mol. The fourth-order valence-electron chi connectivity index (χ4n) is 2.50. The Morgan fingerprint density at radius 2 is 1.93 bits per heavy atom. The number of methoxy groups -OCH3 is 1. The Bertz CT molecular complexity index is 921. The summed E-state index contributed by atoms with van der Waals surface area (Å²) in [5.41, 5.74) is -0.416. The third kappa shape index (κ3) is 5.98. The molecule has 0 radical (unpaired) electrons. The lowest BCUT2D eigenvalue weighted by molar-refractivity contribution is -0.385. The molecule has 0 fully saturated rings. The van der Waals surface area contributed by atoms with Crippen molar-refractivity contribution < 1.29 is 32.4 Å². The maximum Gasteiger partial charge on any atom is 0.422 e. The minimum absolute atomic E-state index is 0.00659. The largest absolute Gasteiger partial charge is 0.496 e. The van der Waals surface area contributed by atoms with Crippen LogP contribution in [-0.4, -0.2) is 42.7 Å². The number of hydrogen-bond acceptors (Lipinski definition) is 5. The minimum Gasteiger partial charge on any atom is -0.496 e. The summed E-state index contributed by atoms with van der Waals surface area (Å²) in [7, 11) is 2.82. The van der Waals surface area contributed by atoms with E-state index in [0.29, 0.717) is 16.3 Å². The van der Waals surface area contributed by atoms with Gasteiger partial charge in [0, 0.05) is 30.2 Å². The van der Waals surface area contributed by atoms with Gasteiger partial charge in [-0.1, -0.05) is 11.6 Å². The third-order valence-electron chi connectivity index (χ3n) is 3.79. The summed E-state index contributed by atoms with van der Waals surface area (Å²) in [6.45, 7) is -1.60. The first kappa shape index (κ1) is 22.3. The summed E-state index contributed by atoms with van der Waals surface area (Å²) in [4.78, 5) is 24.4. The van der Waals surface area contributed by atoms with E-state index in [-0.39, 0.29) is 12.3 Å². The normalized spacial score (nSPS) is 11.1. The van der Waals surface area contributed by atoms with Gasteiger partial charge in [0.05, 0.1) is 12.0 Å². The quantitative estimate of drug-likeness (QED) is 0.476. The molecule has 0 unspecified atom stereocenters. The number of carbonyl (C=O) groups is 1. The SMILES string of the molecule is COc1ccc(Cl)cc1CN(C)C(=O)c1cc(OCC(F)(F)F)ccc1[N+](=O)[O-]. The summed E-state index contributed by atoms with van der Waals surface area (Å²) >= 11 is 5.96. The van der Waals surface area contributed by atoms with E-state index in [2.05, 4.69) is 4.74 Å². The number of amides is 1. The van der Waals surface area contributed by atoms with Crippen LogP contribution in [0.4, 0.5) is 18.9 Å². The maximum absolute atomic E-state index is 12.8. The summed E-state index contributed by atoms with van der Waals surface area (Å²) < 4.78 is 46.8. The van der Waals surface area contributed by atoms with Crippen molar-refractivity contribution in [3.8, 4) is 11.5 Å². The number of rotatable bonds is 7. The topological polar surface area (TPSA) is 81.9 Å². The zero-order valence-corrected chi connectivity index (χ0v) is 16.1. The fraction of sp³-hybridized carbons (Fsp3) is 0.278. The first-order chi connectivity index (χ1) is 13.5. The van der Waals surface area contributed by atoms with Crippen molar-refractivity contribution in [3.63, 3.8) is 0 Å². The molecule has 1 amide bonds. The third-order valence-corrected chi connectivity index (χ3v) is 4.03. The number of alkyl halides is 3. The number of halogens is 4. The zero-order valence-electron chi connectivity index (χ0n) is 15.3. The van der Waals surface area contributed by atoms with Gasteiger partial charge in [0.25, 0.3) is 11.6 Å². The highest BCUT2D eigenvalue weighted by atomic mass is 35.5. The van der Waals surface area contributed by atoms with Crippen LogP contribution in [0.3, 0.4) is 0 Å². The molecule has 0 heterocycles. The number of hydrogen-bond donors (Lipinski definition) is 0. The average molecular weight is 433 g/mol. The molecular formula is C18H16ClF3N2O5. The Morgan fingerprint density at radius 3 is 2.52 bits per heavy atom. The smallest absolute Gasteiger partial charge is 0.422 e. The Balaban J connectivity index is 2.32. The Kier molecular flexibility index (Phi) is 6.91. The fourth-order valence-corrected chi connectivity index (χ4v) is 2.70. The van der Waals surface area contributed by atoms with E-state index in [1.807, 2.05) is 0 Å². The highest BCUT2D eigenvalue weighted by Crippen LogP contribution is 2.28. The number of nitro benzene ring substituents is 1. The van der Waals surface area contributed by atoms with Gasteiger partial charge < -0.3 is 14.4 Å². The highest BCUT2D eigenvalue weighted by molar-refractivity contribution is 6.30. The molecule has 156 valence electrons. The Morgan fingerprint density at radius 1 is 1.24 bits per heavy atom. The van der Waals surface area contributed by atoms with Gasteiger partial charge in [0.2, 0.25) is 0 Å². The molecule has 0 aromatic heterocycles. The van der Waals surface area contributed by atoms with Gasteiger partial charge in [0.15, 0.2) is 6.61 Å². The first-order valence-corrected chi connectivity index (χ1v) is 8.45. The van der Waals surface area contributed by atoms with Crippen molar-refractivity contribution in [2.24, 2.45) is 0 Å². The minimum atomic E-state index is -4.59. The van der Waals surface area contributed by atoms with Crippen LogP contribution >= 0.6 is 11.6 Å². The lowest BCUT2D eigenvalue weighted by Crippen LogP contribution is -2.27. The average Bonchev–Trinajstić information content (AvgIpc) is 2.65.